The molecule has 0 aliphatic rings. The molecule has 0 aliphatic carbocycles. The van der Waals surface area contributed by atoms with Gasteiger partial charge in [0.25, 0.3) is 0 Å². The van der Waals surface area contributed by atoms with Gasteiger partial charge in [-0.15, -0.1) is 23.1 Å². The molecule has 0 atom stereocenters. The molecule has 0 saturated heterocycles. The second-order valence-electron chi connectivity index (χ2n) is 5.14. The second-order valence-corrected chi connectivity index (χ2v) is 7.04. The molecule has 124 valence electrons. The third-order valence-electron chi connectivity index (χ3n) is 3.47. The lowest BCUT2D eigenvalue weighted by Gasteiger charge is -2.01. The first-order valence-electron chi connectivity index (χ1n) is 7.45. The van der Waals surface area contributed by atoms with Gasteiger partial charge in [-0.25, -0.2) is 9.78 Å². The van der Waals surface area contributed by atoms with Crippen LogP contribution in [0.25, 0.3) is 10.6 Å². The summed E-state index contributed by atoms with van der Waals surface area (Å²) in [6, 6.07) is 16.9. The number of aromatic nitrogens is 1. The van der Waals surface area contributed by atoms with E-state index in [9.17, 15) is 4.79 Å². The highest BCUT2D eigenvalue weighted by Crippen LogP contribution is 2.28. The quantitative estimate of drug-likeness (QED) is 0.481. The van der Waals surface area contributed by atoms with Crippen LogP contribution in [-0.4, -0.2) is 18.1 Å². The molecular formula is C19H14N2O2S2. The van der Waals surface area contributed by atoms with Crippen LogP contribution in [0.5, 0.6) is 0 Å². The first-order valence-corrected chi connectivity index (χ1v) is 9.32. The number of carbonyl (C=O) groups excluding carboxylic acids is 1. The Hall–Kier alpha value is -2.62. The number of hydrogen-bond acceptors (Lipinski definition) is 6. The maximum absolute atomic E-state index is 11.5. The van der Waals surface area contributed by atoms with E-state index in [1.807, 2.05) is 41.8 Å². The zero-order valence-electron chi connectivity index (χ0n) is 13.4. The maximum Gasteiger partial charge on any atom is 0.337 e. The monoisotopic (exact) mass is 366 g/mol. The standard InChI is InChI=1S/C19H14N2O2S2/c1-23-19(22)15-6-4-14(5-7-15)18-21-16(12-25-18)11-24-17-8-2-13(10-20)3-9-17/h2-9,12H,11H2,1H3. The minimum absolute atomic E-state index is 0.342. The number of benzene rings is 2. The van der Waals surface area contributed by atoms with Crippen molar-refractivity contribution in [1.82, 2.24) is 4.98 Å². The fourth-order valence-corrected chi connectivity index (χ4v) is 3.88. The molecule has 4 nitrogen and oxygen atoms in total. The molecule has 1 heterocycles. The Labute approximate surface area is 154 Å². The van der Waals surface area contributed by atoms with Gasteiger partial charge in [0.1, 0.15) is 5.01 Å². The third kappa shape index (κ3) is 4.27. The zero-order valence-corrected chi connectivity index (χ0v) is 15.1. The normalized spacial score (nSPS) is 10.2. The Bertz CT molecular complexity index is 910. The van der Waals surface area contributed by atoms with Crippen molar-refractivity contribution in [3.63, 3.8) is 0 Å². The van der Waals surface area contributed by atoms with Gasteiger partial charge in [-0.2, -0.15) is 5.26 Å². The Morgan fingerprint density at radius 3 is 2.56 bits per heavy atom. The zero-order chi connectivity index (χ0) is 17.6. The molecule has 0 radical (unpaired) electrons. The molecule has 0 aliphatic heterocycles. The van der Waals surface area contributed by atoms with Crippen molar-refractivity contribution >= 4 is 29.1 Å². The van der Waals surface area contributed by atoms with E-state index < -0.39 is 0 Å². The number of thioether (sulfide) groups is 1. The summed E-state index contributed by atoms with van der Waals surface area (Å²) in [5.74, 6) is 0.424. The van der Waals surface area contributed by atoms with Crippen LogP contribution in [-0.2, 0) is 10.5 Å². The van der Waals surface area contributed by atoms with Gasteiger partial charge in [0.15, 0.2) is 0 Å². The first-order chi connectivity index (χ1) is 12.2. The van der Waals surface area contributed by atoms with Gasteiger partial charge >= 0.3 is 5.97 Å². The minimum Gasteiger partial charge on any atom is -0.465 e. The van der Waals surface area contributed by atoms with Gasteiger partial charge in [-0.05, 0) is 36.4 Å². The van der Waals surface area contributed by atoms with Crippen LogP contribution in [0.1, 0.15) is 21.6 Å². The highest BCUT2D eigenvalue weighted by atomic mass is 32.2. The Balaban J connectivity index is 1.65. The van der Waals surface area contributed by atoms with Crippen molar-refractivity contribution in [2.24, 2.45) is 0 Å². The lowest BCUT2D eigenvalue weighted by Crippen LogP contribution is -2.00. The number of carbonyl (C=O) groups is 1. The molecule has 0 fully saturated rings. The number of esters is 1. The van der Waals surface area contributed by atoms with E-state index in [0.29, 0.717) is 11.1 Å². The smallest absolute Gasteiger partial charge is 0.337 e. The fourth-order valence-electron chi connectivity index (χ4n) is 2.16. The topological polar surface area (TPSA) is 63.0 Å². The van der Waals surface area contributed by atoms with Crippen molar-refractivity contribution in [2.75, 3.05) is 7.11 Å². The van der Waals surface area contributed by atoms with Gasteiger partial charge in [0.2, 0.25) is 0 Å². The number of thiazole rings is 1. The van der Waals surface area contributed by atoms with Crippen molar-refractivity contribution in [3.05, 3.63) is 70.7 Å². The van der Waals surface area contributed by atoms with Gasteiger partial charge in [0, 0.05) is 21.6 Å². The minimum atomic E-state index is -0.342. The number of hydrogen-bond donors (Lipinski definition) is 0. The van der Waals surface area contributed by atoms with Crippen LogP contribution >= 0.6 is 23.1 Å². The average molecular weight is 366 g/mol. The summed E-state index contributed by atoms with van der Waals surface area (Å²) in [5, 5.41) is 11.8. The van der Waals surface area contributed by atoms with E-state index in [0.717, 1.165) is 26.9 Å². The number of rotatable bonds is 5. The molecule has 0 saturated carbocycles. The Morgan fingerprint density at radius 2 is 1.92 bits per heavy atom. The van der Waals surface area contributed by atoms with Crippen LogP contribution in [0.2, 0.25) is 0 Å². The summed E-state index contributed by atoms with van der Waals surface area (Å²) in [7, 11) is 1.37. The van der Waals surface area contributed by atoms with Crippen LogP contribution in [0.3, 0.4) is 0 Å². The SMILES string of the molecule is COC(=O)c1ccc(-c2nc(CSc3ccc(C#N)cc3)cs2)cc1. The summed E-state index contributed by atoms with van der Waals surface area (Å²) < 4.78 is 4.70. The molecule has 0 N–H and O–H groups in total. The highest BCUT2D eigenvalue weighted by Gasteiger charge is 2.08. The molecule has 3 rings (SSSR count). The molecule has 3 aromatic rings. The molecule has 0 spiro atoms. The van der Waals surface area contributed by atoms with Crippen LogP contribution in [0, 0.1) is 11.3 Å². The molecule has 0 bridgehead atoms. The van der Waals surface area contributed by atoms with Gasteiger partial charge in [-0.3, -0.25) is 0 Å². The highest BCUT2D eigenvalue weighted by molar-refractivity contribution is 7.98. The van der Waals surface area contributed by atoms with Crippen molar-refractivity contribution in [2.45, 2.75) is 10.6 Å². The first kappa shape index (κ1) is 17.2. The van der Waals surface area contributed by atoms with Crippen molar-refractivity contribution < 1.29 is 9.53 Å². The van der Waals surface area contributed by atoms with Gasteiger partial charge in [-0.1, -0.05) is 12.1 Å². The number of methoxy groups -OCH3 is 1. The third-order valence-corrected chi connectivity index (χ3v) is 5.46. The molecule has 1 aromatic heterocycles. The van der Waals surface area contributed by atoms with Crippen LogP contribution < -0.4 is 0 Å². The molecule has 6 heteroatoms. The molecule has 2 aromatic carbocycles. The lowest BCUT2D eigenvalue weighted by molar-refractivity contribution is 0.0601. The van der Waals surface area contributed by atoms with Crippen LogP contribution in [0.4, 0.5) is 0 Å². The second kappa shape index (κ2) is 7.97. The molecule has 0 unspecified atom stereocenters. The number of ether oxygens (including phenoxy) is 1. The van der Waals surface area contributed by atoms with E-state index in [4.69, 9.17) is 10.00 Å². The fraction of sp³-hybridized carbons (Fsp3) is 0.105. The van der Waals surface area contributed by atoms with Crippen molar-refractivity contribution in [1.29, 1.82) is 5.26 Å². The van der Waals surface area contributed by atoms with E-state index in [1.54, 1.807) is 35.2 Å². The summed E-state index contributed by atoms with van der Waals surface area (Å²) in [6.45, 7) is 0. The largest absolute Gasteiger partial charge is 0.465 e. The predicted molar refractivity (Wildman–Crippen MR) is 99.6 cm³/mol. The van der Waals surface area contributed by atoms with E-state index >= 15 is 0 Å². The Morgan fingerprint density at radius 1 is 1.20 bits per heavy atom. The van der Waals surface area contributed by atoms with E-state index in [1.165, 1.54) is 7.11 Å². The number of nitriles is 1. The summed E-state index contributed by atoms with van der Waals surface area (Å²) in [4.78, 5) is 17.2. The summed E-state index contributed by atoms with van der Waals surface area (Å²) in [5.41, 5.74) is 3.17. The average Bonchev–Trinajstić information content (AvgIpc) is 3.15. The summed E-state index contributed by atoms with van der Waals surface area (Å²) >= 11 is 3.26. The Kier molecular flexibility index (Phi) is 5.49. The van der Waals surface area contributed by atoms with Crippen molar-refractivity contribution in [3.8, 4) is 16.6 Å². The molecule has 0 amide bonds. The molecule has 25 heavy (non-hydrogen) atoms. The van der Waals surface area contributed by atoms with Gasteiger partial charge < -0.3 is 4.74 Å². The van der Waals surface area contributed by atoms with E-state index in [2.05, 4.69) is 11.1 Å². The predicted octanol–water partition coefficient (Wildman–Crippen LogP) is 4.76. The maximum atomic E-state index is 11.5. The van der Waals surface area contributed by atoms with Crippen LogP contribution in [0.15, 0.2) is 58.8 Å². The lowest BCUT2D eigenvalue weighted by atomic mass is 10.1. The summed E-state index contributed by atoms with van der Waals surface area (Å²) in [6.07, 6.45) is 0. The molecular weight excluding hydrogens is 352 g/mol. The number of nitrogens with zero attached hydrogens (tertiary/aromatic N) is 2. The van der Waals surface area contributed by atoms with E-state index in [-0.39, 0.29) is 5.97 Å². The van der Waals surface area contributed by atoms with Gasteiger partial charge in [0.05, 0.1) is 30.0 Å².